The van der Waals surface area contributed by atoms with Crippen LogP contribution >= 0.6 is 15.9 Å². The van der Waals surface area contributed by atoms with Gasteiger partial charge in [0.1, 0.15) is 11.8 Å². The molecule has 0 saturated heterocycles. The van der Waals surface area contributed by atoms with Crippen LogP contribution in [0.4, 0.5) is 0 Å². The van der Waals surface area contributed by atoms with Crippen LogP contribution in [0.25, 0.3) is 0 Å². The van der Waals surface area contributed by atoms with E-state index in [2.05, 4.69) is 44.4 Å². The Labute approximate surface area is 115 Å². The lowest BCUT2D eigenvalue weighted by atomic mass is 10.2. The maximum Gasteiger partial charge on any atom is 0.144 e. The second kappa shape index (κ2) is 6.29. The van der Waals surface area contributed by atoms with Crippen LogP contribution < -0.4 is 5.32 Å². The molecule has 0 amide bonds. The minimum Gasteiger partial charge on any atom is -0.309 e. The van der Waals surface area contributed by atoms with Crippen molar-refractivity contribution in [1.82, 2.24) is 10.3 Å². The molecular formula is C14H12BrN3. The summed E-state index contributed by atoms with van der Waals surface area (Å²) in [5.41, 5.74) is 2.62. The van der Waals surface area contributed by atoms with Crippen molar-refractivity contribution in [2.75, 3.05) is 0 Å². The third-order valence-corrected chi connectivity index (χ3v) is 3.08. The Morgan fingerprint density at radius 2 is 1.94 bits per heavy atom. The topological polar surface area (TPSA) is 48.7 Å². The third-order valence-electron chi connectivity index (χ3n) is 2.56. The number of hydrogen-bond donors (Lipinski definition) is 1. The van der Waals surface area contributed by atoms with E-state index in [1.165, 1.54) is 5.56 Å². The molecule has 0 aliphatic rings. The summed E-state index contributed by atoms with van der Waals surface area (Å²) in [6, 6.07) is 14.0. The summed E-state index contributed by atoms with van der Waals surface area (Å²) in [6.45, 7) is 1.42. The maximum absolute atomic E-state index is 8.92. The first-order valence-corrected chi connectivity index (χ1v) is 6.38. The molecule has 90 valence electrons. The van der Waals surface area contributed by atoms with Crippen molar-refractivity contribution >= 4 is 15.9 Å². The van der Waals surface area contributed by atoms with E-state index in [1.807, 2.05) is 24.3 Å². The molecular weight excluding hydrogens is 290 g/mol. The van der Waals surface area contributed by atoms with Crippen molar-refractivity contribution < 1.29 is 0 Å². The SMILES string of the molecule is N#Cc1ncccc1CNCc1ccc(Br)cc1. The van der Waals surface area contributed by atoms with Gasteiger partial charge in [0.2, 0.25) is 0 Å². The van der Waals surface area contributed by atoms with Crippen LogP contribution in [0.1, 0.15) is 16.8 Å². The molecule has 0 unspecified atom stereocenters. The van der Waals surface area contributed by atoms with Crippen molar-refractivity contribution in [1.29, 1.82) is 5.26 Å². The molecule has 1 aromatic carbocycles. The number of nitrogens with one attached hydrogen (secondary N) is 1. The monoisotopic (exact) mass is 301 g/mol. The Kier molecular flexibility index (Phi) is 4.46. The summed E-state index contributed by atoms with van der Waals surface area (Å²) in [4.78, 5) is 4.03. The Morgan fingerprint density at radius 3 is 2.67 bits per heavy atom. The van der Waals surface area contributed by atoms with E-state index in [9.17, 15) is 0 Å². The largest absolute Gasteiger partial charge is 0.309 e. The standard InChI is InChI=1S/C14H12BrN3/c15-13-5-3-11(4-6-13)9-17-10-12-2-1-7-18-14(12)8-16/h1-7,17H,9-10H2. The highest BCUT2D eigenvalue weighted by Crippen LogP contribution is 2.10. The maximum atomic E-state index is 8.92. The average molecular weight is 302 g/mol. The average Bonchev–Trinajstić information content (AvgIpc) is 2.41. The van der Waals surface area contributed by atoms with Crippen molar-refractivity contribution in [3.05, 3.63) is 63.9 Å². The van der Waals surface area contributed by atoms with Gasteiger partial charge < -0.3 is 5.32 Å². The van der Waals surface area contributed by atoms with Gasteiger partial charge >= 0.3 is 0 Å². The quantitative estimate of drug-likeness (QED) is 0.944. The van der Waals surface area contributed by atoms with Gasteiger partial charge in [-0.3, -0.25) is 0 Å². The Balaban J connectivity index is 1.93. The fraction of sp³-hybridized carbons (Fsp3) is 0.143. The summed E-state index contributed by atoms with van der Waals surface area (Å²) in [7, 11) is 0. The van der Waals surface area contributed by atoms with E-state index >= 15 is 0 Å². The van der Waals surface area contributed by atoms with Gasteiger partial charge in [0.25, 0.3) is 0 Å². The Hall–Kier alpha value is -1.70. The minimum absolute atomic E-state index is 0.487. The van der Waals surface area contributed by atoms with Crippen molar-refractivity contribution in [3.63, 3.8) is 0 Å². The molecule has 4 heteroatoms. The van der Waals surface area contributed by atoms with Crippen molar-refractivity contribution in [2.24, 2.45) is 0 Å². The highest BCUT2D eigenvalue weighted by atomic mass is 79.9. The van der Waals surface area contributed by atoms with Crippen molar-refractivity contribution in [2.45, 2.75) is 13.1 Å². The highest BCUT2D eigenvalue weighted by molar-refractivity contribution is 9.10. The van der Waals surface area contributed by atoms with Gasteiger partial charge in [-0.2, -0.15) is 5.26 Å². The molecule has 3 nitrogen and oxygen atoms in total. The number of benzene rings is 1. The summed E-state index contributed by atoms with van der Waals surface area (Å²) in [6.07, 6.45) is 1.64. The normalized spacial score (nSPS) is 10.0. The Bertz CT molecular complexity index is 558. The molecule has 0 aliphatic heterocycles. The molecule has 2 rings (SSSR count). The van der Waals surface area contributed by atoms with E-state index in [1.54, 1.807) is 6.20 Å². The second-order valence-corrected chi connectivity index (χ2v) is 4.77. The van der Waals surface area contributed by atoms with Crippen LogP contribution in [0.5, 0.6) is 0 Å². The molecule has 0 radical (unpaired) electrons. The number of halogens is 1. The fourth-order valence-electron chi connectivity index (χ4n) is 1.63. The molecule has 0 spiro atoms. The van der Waals surface area contributed by atoms with Crippen LogP contribution in [0, 0.1) is 11.3 Å². The van der Waals surface area contributed by atoms with Crippen LogP contribution in [0.3, 0.4) is 0 Å². The fourth-order valence-corrected chi connectivity index (χ4v) is 1.89. The molecule has 1 N–H and O–H groups in total. The smallest absolute Gasteiger partial charge is 0.144 e. The zero-order valence-corrected chi connectivity index (χ0v) is 11.3. The highest BCUT2D eigenvalue weighted by Gasteiger charge is 2.01. The molecule has 1 aromatic heterocycles. The van der Waals surface area contributed by atoms with Crippen LogP contribution in [-0.4, -0.2) is 4.98 Å². The Morgan fingerprint density at radius 1 is 1.17 bits per heavy atom. The number of nitriles is 1. The van der Waals surface area contributed by atoms with Gasteiger partial charge in [0.15, 0.2) is 0 Å². The number of nitrogens with zero attached hydrogens (tertiary/aromatic N) is 2. The molecule has 1 heterocycles. The number of aromatic nitrogens is 1. The molecule has 18 heavy (non-hydrogen) atoms. The first kappa shape index (κ1) is 12.7. The van der Waals surface area contributed by atoms with Crippen molar-refractivity contribution in [3.8, 4) is 6.07 Å². The predicted molar refractivity (Wildman–Crippen MR) is 73.6 cm³/mol. The second-order valence-electron chi connectivity index (χ2n) is 3.85. The van der Waals surface area contributed by atoms with Gasteiger partial charge in [-0.1, -0.05) is 34.1 Å². The lowest BCUT2D eigenvalue weighted by Crippen LogP contribution is -2.13. The minimum atomic E-state index is 0.487. The molecule has 0 fully saturated rings. The molecule has 2 aromatic rings. The zero-order valence-electron chi connectivity index (χ0n) is 9.73. The first-order chi connectivity index (χ1) is 8.79. The summed E-state index contributed by atoms with van der Waals surface area (Å²) in [5, 5.41) is 12.2. The number of pyridine rings is 1. The summed E-state index contributed by atoms with van der Waals surface area (Å²) < 4.78 is 1.07. The van der Waals surface area contributed by atoms with E-state index in [-0.39, 0.29) is 0 Å². The zero-order chi connectivity index (χ0) is 12.8. The van der Waals surface area contributed by atoms with Gasteiger partial charge in [-0.15, -0.1) is 0 Å². The number of hydrogen-bond acceptors (Lipinski definition) is 3. The van der Waals surface area contributed by atoms with Gasteiger partial charge in [-0.05, 0) is 23.8 Å². The number of rotatable bonds is 4. The lowest BCUT2D eigenvalue weighted by molar-refractivity contribution is 0.690. The van der Waals surface area contributed by atoms with Crippen LogP contribution in [0.15, 0.2) is 47.1 Å². The molecule has 0 atom stereocenters. The van der Waals surface area contributed by atoms with Gasteiger partial charge in [0.05, 0.1) is 0 Å². The molecule has 0 aliphatic carbocycles. The third kappa shape index (κ3) is 3.39. The van der Waals surface area contributed by atoms with Gasteiger partial charge in [0, 0.05) is 29.3 Å². The van der Waals surface area contributed by atoms with E-state index in [0.717, 1.165) is 16.6 Å². The van der Waals surface area contributed by atoms with Crippen LogP contribution in [0.2, 0.25) is 0 Å². The summed E-state index contributed by atoms with van der Waals surface area (Å²) >= 11 is 3.40. The van der Waals surface area contributed by atoms with E-state index in [0.29, 0.717) is 12.2 Å². The summed E-state index contributed by atoms with van der Waals surface area (Å²) in [5.74, 6) is 0. The lowest BCUT2D eigenvalue weighted by Gasteiger charge is -2.06. The van der Waals surface area contributed by atoms with E-state index in [4.69, 9.17) is 5.26 Å². The van der Waals surface area contributed by atoms with Crippen LogP contribution in [-0.2, 0) is 13.1 Å². The first-order valence-electron chi connectivity index (χ1n) is 5.59. The predicted octanol–water partition coefficient (Wildman–Crippen LogP) is 3.01. The van der Waals surface area contributed by atoms with Gasteiger partial charge in [-0.25, -0.2) is 4.98 Å². The molecule has 0 bridgehead atoms. The molecule has 0 saturated carbocycles. The van der Waals surface area contributed by atoms with E-state index < -0.39 is 0 Å².